The van der Waals surface area contributed by atoms with Crippen LogP contribution in [0.2, 0.25) is 0 Å². The largest absolute Gasteiger partial charge is 0.467 e. The lowest BCUT2D eigenvalue weighted by atomic mass is 10.0. The van der Waals surface area contributed by atoms with Gasteiger partial charge >= 0.3 is 0 Å². The van der Waals surface area contributed by atoms with Crippen molar-refractivity contribution in [2.24, 2.45) is 0 Å². The van der Waals surface area contributed by atoms with Crippen molar-refractivity contribution in [3.8, 4) is 0 Å². The van der Waals surface area contributed by atoms with E-state index in [0.29, 0.717) is 12.1 Å². The minimum atomic E-state index is -0.225. The highest BCUT2D eigenvalue weighted by atomic mass is 16.3. The van der Waals surface area contributed by atoms with Gasteiger partial charge in [-0.05, 0) is 36.8 Å². The fourth-order valence-corrected chi connectivity index (χ4v) is 3.13. The van der Waals surface area contributed by atoms with Gasteiger partial charge in [-0.25, -0.2) is 0 Å². The van der Waals surface area contributed by atoms with Gasteiger partial charge < -0.3 is 14.6 Å². The Balaban J connectivity index is 1.78. The summed E-state index contributed by atoms with van der Waals surface area (Å²) in [5.74, 6) is 0.773. The lowest BCUT2D eigenvalue weighted by Gasteiger charge is -2.37. The van der Waals surface area contributed by atoms with Gasteiger partial charge in [0.1, 0.15) is 11.9 Å². The average Bonchev–Trinajstić information content (AvgIpc) is 3.10. The van der Waals surface area contributed by atoms with Crippen molar-refractivity contribution in [3.05, 3.63) is 89.4 Å². The summed E-state index contributed by atoms with van der Waals surface area (Å²) >= 11 is 0. The Labute approximate surface area is 140 Å². The van der Waals surface area contributed by atoms with Crippen molar-refractivity contribution in [2.45, 2.75) is 19.6 Å². The number of carbonyl (C=O) groups excluding carboxylic acids is 1. The maximum Gasteiger partial charge on any atom is 0.258 e. The third kappa shape index (κ3) is 2.56. The Bertz CT molecular complexity index is 871. The molecule has 1 aliphatic rings. The van der Waals surface area contributed by atoms with Crippen LogP contribution in [0, 0.1) is 6.92 Å². The zero-order valence-corrected chi connectivity index (χ0v) is 13.4. The molecule has 0 bridgehead atoms. The van der Waals surface area contributed by atoms with E-state index < -0.39 is 0 Å². The first kappa shape index (κ1) is 14.6. The fourth-order valence-electron chi connectivity index (χ4n) is 3.13. The predicted molar refractivity (Wildman–Crippen MR) is 92.6 cm³/mol. The molecule has 3 aromatic rings. The molecule has 2 aromatic carbocycles. The Morgan fingerprint density at radius 1 is 1.08 bits per heavy atom. The minimum Gasteiger partial charge on any atom is -0.467 e. The van der Waals surface area contributed by atoms with Crippen LogP contribution < -0.4 is 5.32 Å². The molecule has 4 heteroatoms. The van der Waals surface area contributed by atoms with Crippen LogP contribution in [0.3, 0.4) is 0 Å². The van der Waals surface area contributed by atoms with Gasteiger partial charge in [0.15, 0.2) is 0 Å². The van der Waals surface area contributed by atoms with E-state index in [4.69, 9.17) is 4.42 Å². The third-order valence-electron chi connectivity index (χ3n) is 4.29. The van der Waals surface area contributed by atoms with E-state index in [1.165, 1.54) is 5.56 Å². The first-order valence-electron chi connectivity index (χ1n) is 7.98. The van der Waals surface area contributed by atoms with E-state index in [2.05, 4.69) is 24.4 Å². The number of furan rings is 1. The molecule has 0 aliphatic carbocycles. The van der Waals surface area contributed by atoms with Crippen LogP contribution in [0.15, 0.2) is 71.3 Å². The number of aryl methyl sites for hydroxylation is 1. The second-order valence-electron chi connectivity index (χ2n) is 6.02. The molecule has 0 fully saturated rings. The highest BCUT2D eigenvalue weighted by Crippen LogP contribution is 2.34. The van der Waals surface area contributed by atoms with Crippen molar-refractivity contribution in [1.29, 1.82) is 0 Å². The monoisotopic (exact) mass is 318 g/mol. The standard InChI is InChI=1S/C20H18N2O2/c1-14-6-4-7-15(12-14)19-21-18-10-3-2-9-17(18)20(23)22(19)13-16-8-5-11-24-16/h2-12,19,21H,13H2,1H3/t19-/m1/s1. The van der Waals surface area contributed by atoms with Gasteiger partial charge in [-0.3, -0.25) is 4.79 Å². The zero-order valence-electron chi connectivity index (χ0n) is 13.4. The number of benzene rings is 2. The van der Waals surface area contributed by atoms with Gasteiger partial charge in [0, 0.05) is 5.69 Å². The lowest BCUT2D eigenvalue weighted by Crippen LogP contribution is -2.42. The fraction of sp³-hybridized carbons (Fsp3) is 0.150. The first-order valence-corrected chi connectivity index (χ1v) is 7.98. The summed E-state index contributed by atoms with van der Waals surface area (Å²) in [6.07, 6.45) is 1.41. The summed E-state index contributed by atoms with van der Waals surface area (Å²) in [6, 6.07) is 19.6. The summed E-state index contributed by atoms with van der Waals surface area (Å²) in [5.41, 5.74) is 3.78. The Morgan fingerprint density at radius 2 is 1.96 bits per heavy atom. The number of nitrogens with one attached hydrogen (secondary N) is 1. The molecule has 2 heterocycles. The molecule has 1 amide bonds. The second kappa shape index (κ2) is 5.89. The molecule has 0 radical (unpaired) electrons. The van der Waals surface area contributed by atoms with Crippen LogP contribution in [0.1, 0.15) is 33.4 Å². The number of hydrogen-bond donors (Lipinski definition) is 1. The Kier molecular flexibility index (Phi) is 3.58. The SMILES string of the molecule is Cc1cccc([C@@H]2Nc3ccccc3C(=O)N2Cc2ccco2)c1. The van der Waals surface area contributed by atoms with Gasteiger partial charge in [0.05, 0.1) is 18.4 Å². The van der Waals surface area contributed by atoms with E-state index in [0.717, 1.165) is 17.0 Å². The van der Waals surface area contributed by atoms with Gasteiger partial charge in [0.2, 0.25) is 0 Å². The lowest BCUT2D eigenvalue weighted by molar-refractivity contribution is 0.0651. The van der Waals surface area contributed by atoms with Crippen LogP contribution >= 0.6 is 0 Å². The highest BCUT2D eigenvalue weighted by Gasteiger charge is 2.33. The van der Waals surface area contributed by atoms with Crippen LogP contribution in [-0.2, 0) is 6.54 Å². The quantitative estimate of drug-likeness (QED) is 0.780. The summed E-state index contributed by atoms with van der Waals surface area (Å²) in [7, 11) is 0. The number of amides is 1. The van der Waals surface area contributed by atoms with Crippen molar-refractivity contribution < 1.29 is 9.21 Å². The topological polar surface area (TPSA) is 45.5 Å². The van der Waals surface area contributed by atoms with Gasteiger partial charge in [0.25, 0.3) is 5.91 Å². The maximum atomic E-state index is 13.1. The number of fused-ring (bicyclic) bond motifs is 1. The summed E-state index contributed by atoms with van der Waals surface area (Å²) in [4.78, 5) is 14.9. The van der Waals surface area contributed by atoms with Crippen molar-refractivity contribution in [3.63, 3.8) is 0 Å². The molecule has 120 valence electrons. The smallest absolute Gasteiger partial charge is 0.258 e. The summed E-state index contributed by atoms with van der Waals surface area (Å²) in [6.45, 7) is 2.48. The average molecular weight is 318 g/mol. The molecule has 0 spiro atoms. The number of nitrogens with zero attached hydrogens (tertiary/aromatic N) is 1. The molecule has 24 heavy (non-hydrogen) atoms. The second-order valence-corrected chi connectivity index (χ2v) is 6.02. The zero-order chi connectivity index (χ0) is 16.5. The van der Waals surface area contributed by atoms with Crippen molar-refractivity contribution in [2.75, 3.05) is 5.32 Å². The van der Waals surface area contributed by atoms with E-state index in [1.807, 2.05) is 53.4 Å². The van der Waals surface area contributed by atoms with Crippen LogP contribution in [-0.4, -0.2) is 10.8 Å². The Hall–Kier alpha value is -3.01. The molecule has 1 aromatic heterocycles. The highest BCUT2D eigenvalue weighted by molar-refractivity contribution is 6.01. The maximum absolute atomic E-state index is 13.1. The molecule has 4 nitrogen and oxygen atoms in total. The van der Waals surface area contributed by atoms with Gasteiger partial charge in [-0.15, -0.1) is 0 Å². The molecule has 0 unspecified atom stereocenters. The molecule has 0 saturated carbocycles. The van der Waals surface area contributed by atoms with Crippen LogP contribution in [0.5, 0.6) is 0 Å². The number of anilines is 1. The molecule has 1 atom stereocenters. The van der Waals surface area contributed by atoms with Crippen LogP contribution in [0.25, 0.3) is 0 Å². The van der Waals surface area contributed by atoms with Crippen molar-refractivity contribution in [1.82, 2.24) is 4.90 Å². The molecular formula is C20H18N2O2. The normalized spacial score (nSPS) is 16.6. The van der Waals surface area contributed by atoms with Crippen molar-refractivity contribution >= 4 is 11.6 Å². The van der Waals surface area contributed by atoms with Gasteiger partial charge in [-0.2, -0.15) is 0 Å². The summed E-state index contributed by atoms with van der Waals surface area (Å²) in [5, 5.41) is 3.50. The summed E-state index contributed by atoms with van der Waals surface area (Å²) < 4.78 is 5.46. The number of carbonyl (C=O) groups is 1. The minimum absolute atomic E-state index is 0.00672. The molecule has 1 aliphatic heterocycles. The van der Waals surface area contributed by atoms with Crippen LogP contribution in [0.4, 0.5) is 5.69 Å². The predicted octanol–water partition coefficient (Wildman–Crippen LogP) is 4.35. The number of hydrogen-bond acceptors (Lipinski definition) is 3. The molecule has 1 N–H and O–H groups in total. The van der Waals surface area contributed by atoms with Gasteiger partial charge in [-0.1, -0.05) is 42.0 Å². The number of para-hydroxylation sites is 1. The number of rotatable bonds is 3. The van der Waals surface area contributed by atoms with E-state index in [1.54, 1.807) is 6.26 Å². The molecular weight excluding hydrogens is 300 g/mol. The molecule has 0 saturated heterocycles. The van der Waals surface area contributed by atoms with E-state index in [-0.39, 0.29) is 12.1 Å². The Morgan fingerprint density at radius 3 is 2.75 bits per heavy atom. The van der Waals surface area contributed by atoms with E-state index in [9.17, 15) is 4.79 Å². The third-order valence-corrected chi connectivity index (χ3v) is 4.29. The van der Waals surface area contributed by atoms with E-state index >= 15 is 0 Å². The first-order chi connectivity index (χ1) is 11.7. The molecule has 4 rings (SSSR count).